The maximum Gasteiger partial charge on any atom is 0.232 e. The predicted octanol–water partition coefficient (Wildman–Crippen LogP) is 4.88. The van der Waals surface area contributed by atoms with Crippen LogP contribution in [0.1, 0.15) is 33.3 Å². The predicted molar refractivity (Wildman–Crippen MR) is 144 cm³/mol. The highest BCUT2D eigenvalue weighted by Gasteiger charge is 2.35. The van der Waals surface area contributed by atoms with Crippen LogP contribution in [0.25, 0.3) is 0 Å². The maximum atomic E-state index is 5.31. The molecule has 0 amide bonds. The van der Waals surface area contributed by atoms with Crippen LogP contribution in [-0.2, 0) is 0 Å². The van der Waals surface area contributed by atoms with Gasteiger partial charge in [-0.05, 0) is 82.6 Å². The Morgan fingerprint density at radius 1 is 1.03 bits per heavy atom. The number of benzene rings is 2. The van der Waals surface area contributed by atoms with E-state index in [1.165, 1.54) is 11.4 Å². The van der Waals surface area contributed by atoms with Crippen LogP contribution in [0.4, 0.5) is 29.0 Å². The molecule has 3 aromatic rings. The van der Waals surface area contributed by atoms with Crippen molar-refractivity contribution in [3.05, 3.63) is 54.4 Å². The molecule has 8 nitrogen and oxygen atoms in total. The fourth-order valence-corrected chi connectivity index (χ4v) is 4.76. The van der Waals surface area contributed by atoms with Crippen molar-refractivity contribution in [1.82, 2.24) is 15.0 Å². The minimum atomic E-state index is -0.0933. The largest absolute Gasteiger partial charge is 0.497 e. The summed E-state index contributed by atoms with van der Waals surface area (Å²) < 4.78 is 5.31. The zero-order valence-electron chi connectivity index (χ0n) is 21.7. The van der Waals surface area contributed by atoms with Crippen LogP contribution < -0.4 is 24.8 Å². The zero-order chi connectivity index (χ0) is 25.0. The van der Waals surface area contributed by atoms with Crippen molar-refractivity contribution in [3.63, 3.8) is 0 Å². The van der Waals surface area contributed by atoms with Crippen LogP contribution >= 0.6 is 0 Å². The molecule has 2 aromatic carbocycles. The Morgan fingerprint density at radius 3 is 2.40 bits per heavy atom. The quantitative estimate of drug-likeness (QED) is 0.494. The van der Waals surface area contributed by atoms with Crippen molar-refractivity contribution >= 4 is 29.0 Å². The maximum absolute atomic E-state index is 5.31. The molecule has 0 atom stereocenters. The average Bonchev–Trinajstić information content (AvgIpc) is 2.86. The molecule has 1 aliphatic heterocycles. The van der Waals surface area contributed by atoms with Gasteiger partial charge in [-0.3, -0.25) is 0 Å². The summed E-state index contributed by atoms with van der Waals surface area (Å²) >= 11 is 0. The Hall–Kier alpha value is -3.55. The Bertz CT molecular complexity index is 1130. The third-order valence-corrected chi connectivity index (χ3v) is 6.71. The molecule has 0 aliphatic carbocycles. The monoisotopic (exact) mass is 475 g/mol. The van der Waals surface area contributed by atoms with Crippen LogP contribution in [0.15, 0.2) is 48.8 Å². The van der Waals surface area contributed by atoms with Crippen molar-refractivity contribution in [2.75, 3.05) is 59.9 Å². The SMILES string of the molecule is CCN(CC)c1ccc(Nc2ncnc(N3CCN(c4ccc(OC)cc4)C(C)(C)C3)n2)c(C)c1. The summed E-state index contributed by atoms with van der Waals surface area (Å²) in [5.74, 6) is 2.12. The lowest BCUT2D eigenvalue weighted by Gasteiger charge is -2.48. The van der Waals surface area contributed by atoms with Gasteiger partial charge in [0, 0.05) is 49.8 Å². The molecule has 0 radical (unpaired) electrons. The lowest BCUT2D eigenvalue weighted by molar-refractivity contribution is 0.408. The van der Waals surface area contributed by atoms with Crippen molar-refractivity contribution < 1.29 is 4.74 Å². The minimum Gasteiger partial charge on any atom is -0.497 e. The molecule has 8 heteroatoms. The second kappa shape index (κ2) is 10.4. The normalized spacial score (nSPS) is 15.1. The smallest absolute Gasteiger partial charge is 0.232 e. The first-order valence-corrected chi connectivity index (χ1v) is 12.3. The molecule has 0 spiro atoms. The van der Waals surface area contributed by atoms with Gasteiger partial charge in [0.15, 0.2) is 0 Å². The van der Waals surface area contributed by atoms with Crippen molar-refractivity contribution in [2.45, 2.75) is 40.2 Å². The average molecular weight is 476 g/mol. The number of hydrogen-bond acceptors (Lipinski definition) is 8. The number of nitrogens with zero attached hydrogens (tertiary/aromatic N) is 6. The zero-order valence-corrected chi connectivity index (χ0v) is 21.7. The van der Waals surface area contributed by atoms with Crippen molar-refractivity contribution in [3.8, 4) is 5.75 Å². The molecular weight excluding hydrogens is 438 g/mol. The first-order valence-electron chi connectivity index (χ1n) is 12.3. The van der Waals surface area contributed by atoms with E-state index in [4.69, 9.17) is 9.72 Å². The molecule has 35 heavy (non-hydrogen) atoms. The summed E-state index contributed by atoms with van der Waals surface area (Å²) in [5, 5.41) is 3.39. The number of nitrogens with one attached hydrogen (secondary N) is 1. The molecule has 4 rings (SSSR count). The number of ether oxygens (including phenoxy) is 1. The van der Waals surface area contributed by atoms with E-state index < -0.39 is 0 Å². The van der Waals surface area contributed by atoms with E-state index in [1.807, 2.05) is 12.1 Å². The molecule has 186 valence electrons. The summed E-state index contributed by atoms with van der Waals surface area (Å²) in [6.45, 7) is 15.5. The molecular formula is C27H37N7O. The van der Waals surface area contributed by atoms with Crippen LogP contribution in [0.2, 0.25) is 0 Å². The molecule has 0 bridgehead atoms. The topological polar surface area (TPSA) is 69.7 Å². The standard InChI is InChI=1S/C27H37N7O/c1-7-32(8-2)22-11-14-24(20(3)17-22)30-25-28-19-29-26(31-25)33-15-16-34(27(4,5)18-33)21-9-12-23(35-6)13-10-21/h9-14,17,19H,7-8,15-16,18H2,1-6H3,(H,28,29,30,31). The molecule has 2 heterocycles. The molecule has 1 aliphatic rings. The van der Waals surface area contributed by atoms with Gasteiger partial charge in [-0.1, -0.05) is 0 Å². The summed E-state index contributed by atoms with van der Waals surface area (Å²) in [4.78, 5) is 20.6. The van der Waals surface area contributed by atoms with Crippen LogP contribution in [0.5, 0.6) is 5.75 Å². The van der Waals surface area contributed by atoms with Gasteiger partial charge in [-0.15, -0.1) is 0 Å². The van der Waals surface area contributed by atoms with Gasteiger partial charge < -0.3 is 24.8 Å². The third kappa shape index (κ3) is 5.42. The van der Waals surface area contributed by atoms with E-state index >= 15 is 0 Å². The minimum absolute atomic E-state index is 0.0933. The Balaban J connectivity index is 1.47. The van der Waals surface area contributed by atoms with Gasteiger partial charge in [0.25, 0.3) is 0 Å². The van der Waals surface area contributed by atoms with Crippen LogP contribution in [0, 0.1) is 6.92 Å². The molecule has 1 saturated heterocycles. The van der Waals surface area contributed by atoms with Gasteiger partial charge in [0.05, 0.1) is 12.6 Å². The van der Waals surface area contributed by atoms with Crippen molar-refractivity contribution in [1.29, 1.82) is 0 Å². The number of methoxy groups -OCH3 is 1. The Morgan fingerprint density at radius 2 is 1.77 bits per heavy atom. The van der Waals surface area contributed by atoms with Gasteiger partial charge in [0.1, 0.15) is 12.1 Å². The summed E-state index contributed by atoms with van der Waals surface area (Å²) in [7, 11) is 1.69. The fraction of sp³-hybridized carbons (Fsp3) is 0.444. The molecule has 0 unspecified atom stereocenters. The van der Waals surface area contributed by atoms with E-state index in [0.29, 0.717) is 11.9 Å². The van der Waals surface area contributed by atoms with Crippen molar-refractivity contribution in [2.24, 2.45) is 0 Å². The van der Waals surface area contributed by atoms with Gasteiger partial charge in [-0.25, -0.2) is 9.97 Å². The molecule has 1 N–H and O–H groups in total. The van der Waals surface area contributed by atoms with E-state index in [-0.39, 0.29) is 5.54 Å². The Kier molecular flexibility index (Phi) is 7.28. The first kappa shape index (κ1) is 24.6. The second-order valence-electron chi connectivity index (χ2n) is 9.49. The second-order valence-corrected chi connectivity index (χ2v) is 9.49. The summed E-state index contributed by atoms with van der Waals surface area (Å²) in [5.41, 5.74) is 4.49. The number of aromatic nitrogens is 3. The number of anilines is 5. The fourth-order valence-electron chi connectivity index (χ4n) is 4.76. The number of aryl methyl sites for hydroxylation is 1. The lowest BCUT2D eigenvalue weighted by atomic mass is 9.98. The van der Waals surface area contributed by atoms with E-state index in [0.717, 1.165) is 49.7 Å². The highest BCUT2D eigenvalue weighted by atomic mass is 16.5. The van der Waals surface area contributed by atoms with E-state index in [1.54, 1.807) is 13.4 Å². The highest BCUT2D eigenvalue weighted by molar-refractivity contribution is 5.64. The molecule has 0 saturated carbocycles. The Labute approximate surface area is 209 Å². The lowest BCUT2D eigenvalue weighted by Crippen LogP contribution is -2.60. The number of piperazine rings is 1. The van der Waals surface area contributed by atoms with Crippen LogP contribution in [0.3, 0.4) is 0 Å². The number of hydrogen-bond donors (Lipinski definition) is 1. The van der Waals surface area contributed by atoms with E-state index in [9.17, 15) is 0 Å². The highest BCUT2D eigenvalue weighted by Crippen LogP contribution is 2.31. The van der Waals surface area contributed by atoms with Crippen LogP contribution in [-0.4, -0.2) is 60.3 Å². The summed E-state index contributed by atoms with van der Waals surface area (Å²) in [6, 6.07) is 14.7. The van der Waals surface area contributed by atoms with Gasteiger partial charge >= 0.3 is 0 Å². The molecule has 1 fully saturated rings. The number of rotatable bonds is 8. The molecule has 1 aromatic heterocycles. The van der Waals surface area contributed by atoms with Gasteiger partial charge in [-0.2, -0.15) is 4.98 Å². The van der Waals surface area contributed by atoms with Gasteiger partial charge in [0.2, 0.25) is 11.9 Å². The summed E-state index contributed by atoms with van der Waals surface area (Å²) in [6.07, 6.45) is 1.59. The first-order chi connectivity index (χ1) is 16.8. The van der Waals surface area contributed by atoms with E-state index in [2.05, 4.69) is 94.9 Å². The third-order valence-electron chi connectivity index (χ3n) is 6.71.